The molecule has 1 N–H and O–H groups in total. The molecule has 17 heavy (non-hydrogen) atoms. The summed E-state index contributed by atoms with van der Waals surface area (Å²) in [5, 5.41) is 8.46. The van der Waals surface area contributed by atoms with Crippen molar-refractivity contribution in [2.24, 2.45) is 0 Å². The fourth-order valence-corrected chi connectivity index (χ4v) is 2.63. The van der Waals surface area contributed by atoms with Crippen molar-refractivity contribution in [2.45, 2.75) is 18.3 Å². The second-order valence-corrected chi connectivity index (χ2v) is 4.90. The SMILES string of the molecule is N=C(N1CCOCC1)C1(c2ccccc2)CC1. The molecule has 0 atom stereocenters. The maximum atomic E-state index is 8.46. The fraction of sp³-hybridized carbons (Fsp3) is 0.500. The number of nitrogens with one attached hydrogen (secondary N) is 1. The van der Waals surface area contributed by atoms with Gasteiger partial charge in [-0.3, -0.25) is 5.41 Å². The van der Waals surface area contributed by atoms with Crippen molar-refractivity contribution < 1.29 is 4.74 Å². The van der Waals surface area contributed by atoms with Crippen LogP contribution in [0.15, 0.2) is 30.3 Å². The summed E-state index contributed by atoms with van der Waals surface area (Å²) in [6, 6.07) is 10.5. The van der Waals surface area contributed by atoms with Crippen molar-refractivity contribution in [3.8, 4) is 0 Å². The van der Waals surface area contributed by atoms with E-state index in [4.69, 9.17) is 10.1 Å². The van der Waals surface area contributed by atoms with Gasteiger partial charge in [0.05, 0.1) is 18.6 Å². The first-order valence-corrected chi connectivity index (χ1v) is 6.30. The van der Waals surface area contributed by atoms with Crippen LogP contribution >= 0.6 is 0 Å². The largest absolute Gasteiger partial charge is 0.378 e. The molecule has 1 heterocycles. The van der Waals surface area contributed by atoms with Crippen LogP contribution in [0.2, 0.25) is 0 Å². The first kappa shape index (κ1) is 10.8. The summed E-state index contributed by atoms with van der Waals surface area (Å²) in [6.45, 7) is 3.25. The van der Waals surface area contributed by atoms with Crippen LogP contribution < -0.4 is 0 Å². The predicted molar refractivity (Wildman–Crippen MR) is 67.5 cm³/mol. The minimum Gasteiger partial charge on any atom is -0.378 e. The van der Waals surface area contributed by atoms with E-state index in [0.29, 0.717) is 0 Å². The summed E-state index contributed by atoms with van der Waals surface area (Å²) < 4.78 is 5.35. The smallest absolute Gasteiger partial charge is 0.107 e. The molecular formula is C14H18N2O. The fourth-order valence-electron chi connectivity index (χ4n) is 2.63. The van der Waals surface area contributed by atoms with Crippen molar-refractivity contribution in [3.63, 3.8) is 0 Å². The summed E-state index contributed by atoms with van der Waals surface area (Å²) in [5.74, 6) is 0.798. The molecule has 1 saturated carbocycles. The molecule has 1 aromatic carbocycles. The Kier molecular flexibility index (Phi) is 2.63. The highest BCUT2D eigenvalue weighted by molar-refractivity contribution is 5.93. The van der Waals surface area contributed by atoms with E-state index in [1.165, 1.54) is 5.56 Å². The number of morpholine rings is 1. The number of amidine groups is 1. The number of rotatable bonds is 2. The summed E-state index contributed by atoms with van der Waals surface area (Å²) >= 11 is 0. The van der Waals surface area contributed by atoms with Gasteiger partial charge in [-0.25, -0.2) is 0 Å². The lowest BCUT2D eigenvalue weighted by Crippen LogP contribution is -2.45. The van der Waals surface area contributed by atoms with E-state index >= 15 is 0 Å². The molecule has 1 aliphatic carbocycles. The van der Waals surface area contributed by atoms with Gasteiger partial charge in [0.25, 0.3) is 0 Å². The van der Waals surface area contributed by atoms with Crippen LogP contribution in [-0.2, 0) is 10.2 Å². The zero-order valence-electron chi connectivity index (χ0n) is 9.98. The van der Waals surface area contributed by atoms with Crippen LogP contribution in [0.3, 0.4) is 0 Å². The zero-order chi connectivity index (χ0) is 11.7. The highest BCUT2D eigenvalue weighted by Crippen LogP contribution is 2.49. The minimum absolute atomic E-state index is 0.0125. The molecule has 3 rings (SSSR count). The van der Waals surface area contributed by atoms with E-state index in [0.717, 1.165) is 45.0 Å². The van der Waals surface area contributed by atoms with Crippen LogP contribution in [0.5, 0.6) is 0 Å². The van der Waals surface area contributed by atoms with Gasteiger partial charge in [-0.15, -0.1) is 0 Å². The molecule has 0 amide bonds. The quantitative estimate of drug-likeness (QED) is 0.623. The maximum Gasteiger partial charge on any atom is 0.107 e. The van der Waals surface area contributed by atoms with Crippen LogP contribution in [-0.4, -0.2) is 37.0 Å². The molecule has 0 radical (unpaired) electrons. The molecule has 2 aliphatic rings. The molecule has 2 fully saturated rings. The van der Waals surface area contributed by atoms with Crippen molar-refractivity contribution >= 4 is 5.84 Å². The Morgan fingerprint density at radius 3 is 2.35 bits per heavy atom. The first-order chi connectivity index (χ1) is 8.33. The summed E-state index contributed by atoms with van der Waals surface area (Å²) in [5.41, 5.74) is 1.31. The summed E-state index contributed by atoms with van der Waals surface area (Å²) in [7, 11) is 0. The zero-order valence-corrected chi connectivity index (χ0v) is 9.98. The Balaban J connectivity index is 1.81. The third-order valence-corrected chi connectivity index (χ3v) is 3.86. The van der Waals surface area contributed by atoms with Crippen LogP contribution in [0.4, 0.5) is 0 Å². The van der Waals surface area contributed by atoms with Gasteiger partial charge in [0.2, 0.25) is 0 Å². The number of ether oxygens (including phenoxy) is 1. The molecule has 1 saturated heterocycles. The van der Waals surface area contributed by atoms with Gasteiger partial charge in [-0.2, -0.15) is 0 Å². The Morgan fingerprint density at radius 2 is 1.76 bits per heavy atom. The first-order valence-electron chi connectivity index (χ1n) is 6.30. The molecule has 0 spiro atoms. The summed E-state index contributed by atoms with van der Waals surface area (Å²) in [4.78, 5) is 2.18. The van der Waals surface area contributed by atoms with E-state index in [9.17, 15) is 0 Å². The molecule has 0 aromatic heterocycles. The Bertz CT molecular complexity index is 405. The Hall–Kier alpha value is -1.35. The third kappa shape index (κ3) is 1.84. The number of nitrogens with zero attached hydrogens (tertiary/aromatic N) is 1. The van der Waals surface area contributed by atoms with Crippen LogP contribution in [0.25, 0.3) is 0 Å². The van der Waals surface area contributed by atoms with Gasteiger partial charge in [-0.1, -0.05) is 30.3 Å². The van der Waals surface area contributed by atoms with Crippen LogP contribution in [0, 0.1) is 5.41 Å². The van der Waals surface area contributed by atoms with E-state index in [2.05, 4.69) is 29.2 Å². The normalized spacial score (nSPS) is 22.2. The lowest BCUT2D eigenvalue weighted by Gasteiger charge is -2.33. The van der Waals surface area contributed by atoms with Gasteiger partial charge < -0.3 is 9.64 Å². The average molecular weight is 230 g/mol. The van der Waals surface area contributed by atoms with E-state index < -0.39 is 0 Å². The highest BCUT2D eigenvalue weighted by atomic mass is 16.5. The standard InChI is InChI=1S/C14H18N2O/c15-13(16-8-10-17-11-9-16)14(6-7-14)12-4-2-1-3-5-12/h1-5,15H,6-11H2. The van der Waals surface area contributed by atoms with Crippen LogP contribution in [0.1, 0.15) is 18.4 Å². The molecule has 0 bridgehead atoms. The van der Waals surface area contributed by atoms with Crippen molar-refractivity contribution in [2.75, 3.05) is 26.3 Å². The molecule has 1 aliphatic heterocycles. The lowest BCUT2D eigenvalue weighted by atomic mass is 9.93. The average Bonchev–Trinajstić information content (AvgIpc) is 3.21. The topological polar surface area (TPSA) is 36.3 Å². The number of hydrogen-bond donors (Lipinski definition) is 1. The molecule has 0 unspecified atom stereocenters. The minimum atomic E-state index is 0.0125. The van der Waals surface area contributed by atoms with Gasteiger partial charge in [0.1, 0.15) is 5.84 Å². The van der Waals surface area contributed by atoms with E-state index in [-0.39, 0.29) is 5.41 Å². The highest BCUT2D eigenvalue weighted by Gasteiger charge is 2.50. The monoisotopic (exact) mass is 230 g/mol. The predicted octanol–water partition coefficient (Wildman–Crippen LogP) is 2.03. The second kappa shape index (κ2) is 4.15. The third-order valence-electron chi connectivity index (χ3n) is 3.86. The van der Waals surface area contributed by atoms with Gasteiger partial charge >= 0.3 is 0 Å². The second-order valence-electron chi connectivity index (χ2n) is 4.90. The number of hydrogen-bond acceptors (Lipinski definition) is 2. The lowest BCUT2D eigenvalue weighted by molar-refractivity contribution is 0.0660. The summed E-state index contributed by atoms with van der Waals surface area (Å²) in [6.07, 6.45) is 2.24. The Labute approximate surface area is 102 Å². The number of benzene rings is 1. The van der Waals surface area contributed by atoms with Crippen molar-refractivity contribution in [1.82, 2.24) is 4.90 Å². The van der Waals surface area contributed by atoms with E-state index in [1.807, 2.05) is 6.07 Å². The van der Waals surface area contributed by atoms with Gasteiger partial charge in [-0.05, 0) is 18.4 Å². The molecule has 3 heteroatoms. The molecular weight excluding hydrogens is 212 g/mol. The van der Waals surface area contributed by atoms with Crippen molar-refractivity contribution in [1.29, 1.82) is 5.41 Å². The van der Waals surface area contributed by atoms with E-state index in [1.54, 1.807) is 0 Å². The van der Waals surface area contributed by atoms with Gasteiger partial charge in [0, 0.05) is 13.1 Å². The maximum absolute atomic E-state index is 8.46. The molecule has 90 valence electrons. The van der Waals surface area contributed by atoms with Crippen molar-refractivity contribution in [3.05, 3.63) is 35.9 Å². The molecule has 1 aromatic rings. The molecule has 3 nitrogen and oxygen atoms in total. The Morgan fingerprint density at radius 1 is 1.12 bits per heavy atom. The van der Waals surface area contributed by atoms with Gasteiger partial charge in [0.15, 0.2) is 0 Å².